The Labute approximate surface area is 347 Å². The van der Waals surface area contributed by atoms with E-state index in [0.29, 0.717) is 51.5 Å². The Morgan fingerprint density at radius 1 is 0.578 bits per heavy atom. The van der Waals surface area contributed by atoms with Gasteiger partial charge in [0.1, 0.15) is 0 Å². The molecule has 1 fully saturated rings. The minimum Gasteiger partial charge on any atom is -0.480 e. The van der Waals surface area contributed by atoms with Gasteiger partial charge in [0, 0.05) is 72.0 Å². The molecule has 0 unspecified atom stereocenters. The third-order valence-electron chi connectivity index (χ3n) is 6.62. The first-order valence-corrected chi connectivity index (χ1v) is 13.6. The summed E-state index contributed by atoms with van der Waals surface area (Å²) in [5, 5.41) is 40.1. The van der Waals surface area contributed by atoms with Crippen LogP contribution in [0.15, 0.2) is 29.3 Å². The number of aliphatic imine (C=N–C) groups is 1. The van der Waals surface area contributed by atoms with E-state index in [1.165, 1.54) is 0 Å². The van der Waals surface area contributed by atoms with Gasteiger partial charge in [0.15, 0.2) is 0 Å². The number of benzene rings is 1. The van der Waals surface area contributed by atoms with Crippen LogP contribution in [0.4, 0.5) is 5.69 Å². The molecule has 0 bridgehead atoms. The summed E-state index contributed by atoms with van der Waals surface area (Å²) in [6.07, 6.45) is 0. The Morgan fingerprint density at radius 3 is 1.09 bits per heavy atom. The van der Waals surface area contributed by atoms with E-state index >= 15 is 0 Å². The van der Waals surface area contributed by atoms with E-state index in [-0.39, 0.29) is 159 Å². The summed E-state index contributed by atoms with van der Waals surface area (Å²) in [4.78, 5) is 59.0. The zero-order valence-electron chi connectivity index (χ0n) is 25.7. The van der Waals surface area contributed by atoms with Crippen molar-refractivity contribution >= 4 is 124 Å². The minimum atomic E-state index is -1.04. The number of carboxylic acid groups (broad SMARTS) is 4. The van der Waals surface area contributed by atoms with E-state index in [0.717, 1.165) is 5.56 Å². The molecule has 19 heteroatoms. The SMILES string of the molecule is O=C(O)CN1CCN(CC(=O)O)CCN(CC(=O)O)CCN(Cc2ccc(N=C=S)cc2)CCN(CC(=O)O)CC1.[In+3].[In+3].[In+3].[Na+]. The van der Waals surface area contributed by atoms with Crippen LogP contribution in [0.5, 0.6) is 0 Å². The van der Waals surface area contributed by atoms with Crippen LogP contribution in [0.25, 0.3) is 0 Å². The summed E-state index contributed by atoms with van der Waals surface area (Å²) in [5.74, 6) is -4.10. The van der Waals surface area contributed by atoms with E-state index in [9.17, 15) is 39.6 Å². The van der Waals surface area contributed by atoms with Gasteiger partial charge in [-0.2, -0.15) is 4.99 Å². The van der Waals surface area contributed by atoms with Crippen molar-refractivity contribution < 1.29 is 69.2 Å². The maximum absolute atomic E-state index is 11.6. The van der Waals surface area contributed by atoms with Crippen molar-refractivity contribution in [3.05, 3.63) is 29.8 Å². The molecule has 0 radical (unpaired) electrons. The number of isothiocyanates is 1. The average Bonchev–Trinajstić information content (AvgIpc) is 2.89. The van der Waals surface area contributed by atoms with Crippen LogP contribution in [0, 0.1) is 0 Å². The maximum atomic E-state index is 11.6. The Bertz CT molecular complexity index is 1040. The zero-order valence-corrected chi connectivity index (χ0v) is 38.4. The fraction of sp³-hybridized carbons (Fsp3) is 0.577. The summed E-state index contributed by atoms with van der Waals surface area (Å²) in [7, 11) is 0. The summed E-state index contributed by atoms with van der Waals surface area (Å²) >= 11 is 4.65. The van der Waals surface area contributed by atoms with Crippen molar-refractivity contribution in [2.75, 3.05) is 91.6 Å². The Balaban J connectivity index is -0.00000441. The standard InChI is InChI=1S/C26H38N6O8S.3In.Na/c33-23(34)16-29-7-5-28(15-21-1-3-22(4-2-21)27-20-41)6-8-30(17-24(35)36)10-12-32(19-26(39)40)14-13-31(11-9-29)18-25(37)38;;;;/h1-4H,5-19H2,(H,33,34)(H,35,36)(H,37,38)(H,39,40);;;;/q;3*+3;+1. The number of carboxylic acids is 4. The molecule has 14 nitrogen and oxygen atoms in total. The number of hydrogen-bond acceptors (Lipinski definition) is 11. The predicted molar refractivity (Wildman–Crippen MR) is 170 cm³/mol. The minimum absolute atomic E-state index is 0. The molecule has 1 aromatic carbocycles. The summed E-state index contributed by atoms with van der Waals surface area (Å²) in [6, 6.07) is 7.42. The molecule has 1 heterocycles. The predicted octanol–water partition coefficient (Wildman–Crippen LogP) is -4.36. The molecule has 45 heavy (non-hydrogen) atoms. The van der Waals surface area contributed by atoms with Gasteiger partial charge < -0.3 is 20.4 Å². The Hall–Kier alpha value is 0.310. The molecule has 0 aromatic heterocycles. The first-order valence-electron chi connectivity index (χ1n) is 13.2. The topological polar surface area (TPSA) is 178 Å². The van der Waals surface area contributed by atoms with Crippen molar-refractivity contribution in [2.45, 2.75) is 6.54 Å². The summed E-state index contributed by atoms with van der Waals surface area (Å²) in [5.41, 5.74) is 1.64. The van der Waals surface area contributed by atoms with Gasteiger partial charge in [-0.05, 0) is 29.9 Å². The number of aliphatic carboxylic acids is 4. The monoisotopic (exact) mass is 962 g/mol. The molecule has 0 spiro atoms. The molecule has 226 valence electrons. The van der Waals surface area contributed by atoms with E-state index in [1.54, 1.807) is 19.6 Å². The van der Waals surface area contributed by atoms with Gasteiger partial charge in [0.05, 0.1) is 37.0 Å². The number of nitrogens with zero attached hydrogens (tertiary/aromatic N) is 6. The van der Waals surface area contributed by atoms with Gasteiger partial charge in [0.25, 0.3) is 0 Å². The van der Waals surface area contributed by atoms with Crippen LogP contribution in [0.2, 0.25) is 0 Å². The zero-order chi connectivity index (χ0) is 30.2. The third-order valence-corrected chi connectivity index (χ3v) is 6.71. The first-order chi connectivity index (χ1) is 19.5. The molecule has 1 saturated heterocycles. The molecular formula is C26H38In3N6NaO8S+10. The smallest absolute Gasteiger partial charge is 0.480 e. The molecule has 0 atom stereocenters. The quantitative estimate of drug-likeness (QED) is 0.0952. The van der Waals surface area contributed by atoms with Crippen LogP contribution >= 0.6 is 12.2 Å². The summed E-state index contributed by atoms with van der Waals surface area (Å²) in [6.45, 7) is 2.97. The largest absolute Gasteiger partial charge is 3.00 e. The molecular weight excluding hydrogens is 924 g/mol. The van der Waals surface area contributed by atoms with Crippen molar-refractivity contribution in [1.82, 2.24) is 24.5 Å². The van der Waals surface area contributed by atoms with Crippen LogP contribution in [-0.2, 0) is 25.7 Å². The van der Waals surface area contributed by atoms with E-state index in [1.807, 2.05) is 24.3 Å². The van der Waals surface area contributed by atoms with Gasteiger partial charge in [-0.3, -0.25) is 43.7 Å². The second-order valence-corrected chi connectivity index (χ2v) is 10.0. The van der Waals surface area contributed by atoms with Gasteiger partial charge in [-0.1, -0.05) is 12.1 Å². The van der Waals surface area contributed by atoms with Gasteiger partial charge in [-0.25, -0.2) is 0 Å². The van der Waals surface area contributed by atoms with Crippen LogP contribution in [0.1, 0.15) is 5.56 Å². The van der Waals surface area contributed by atoms with Crippen LogP contribution in [0.3, 0.4) is 0 Å². The number of thiocarbonyl (C=S) groups is 1. The van der Waals surface area contributed by atoms with E-state index in [2.05, 4.69) is 27.3 Å². The fourth-order valence-corrected chi connectivity index (χ4v) is 4.62. The van der Waals surface area contributed by atoms with Crippen molar-refractivity contribution in [3.8, 4) is 0 Å². The molecule has 1 aliphatic rings. The molecule has 0 aliphatic carbocycles. The number of carbonyl (C=O) groups is 4. The molecule has 1 aliphatic heterocycles. The molecule has 4 N–H and O–H groups in total. The second-order valence-electron chi connectivity index (χ2n) is 9.83. The van der Waals surface area contributed by atoms with Crippen molar-refractivity contribution in [2.24, 2.45) is 4.99 Å². The third kappa shape index (κ3) is 23.3. The van der Waals surface area contributed by atoms with Crippen LogP contribution < -0.4 is 29.6 Å². The first kappa shape index (κ1) is 49.7. The van der Waals surface area contributed by atoms with Gasteiger partial charge >= 0.3 is 131 Å². The van der Waals surface area contributed by atoms with Gasteiger partial charge in [0.2, 0.25) is 0 Å². The summed E-state index contributed by atoms with van der Waals surface area (Å²) < 4.78 is 0. The second kappa shape index (κ2) is 28.2. The number of hydrogen-bond donors (Lipinski definition) is 4. The van der Waals surface area contributed by atoms with E-state index < -0.39 is 23.9 Å². The molecule has 2 rings (SSSR count). The normalized spacial score (nSPS) is 16.4. The van der Waals surface area contributed by atoms with E-state index in [4.69, 9.17) is 0 Å². The van der Waals surface area contributed by atoms with Gasteiger partial charge in [-0.15, -0.1) is 0 Å². The Morgan fingerprint density at radius 2 is 0.844 bits per heavy atom. The Kier molecular flexibility index (Phi) is 31.1. The number of rotatable bonds is 11. The van der Waals surface area contributed by atoms with Crippen molar-refractivity contribution in [3.63, 3.8) is 0 Å². The molecule has 0 amide bonds. The van der Waals surface area contributed by atoms with Crippen molar-refractivity contribution in [1.29, 1.82) is 0 Å². The van der Waals surface area contributed by atoms with Crippen LogP contribution in [-0.4, -0.2) is 243 Å². The average molecular weight is 962 g/mol. The molecule has 1 aromatic rings. The molecule has 0 saturated carbocycles. The fourth-order valence-electron chi connectivity index (χ4n) is 4.52. The maximum Gasteiger partial charge on any atom is 3.00 e.